The van der Waals surface area contributed by atoms with Crippen LogP contribution in [0.3, 0.4) is 0 Å². The van der Waals surface area contributed by atoms with Gasteiger partial charge >= 0.3 is 0 Å². The molecule has 1 saturated heterocycles. The predicted octanol–water partition coefficient (Wildman–Crippen LogP) is 2.67. The smallest absolute Gasteiger partial charge is 0.251 e. The summed E-state index contributed by atoms with van der Waals surface area (Å²) >= 11 is 6.22. The van der Waals surface area contributed by atoms with Gasteiger partial charge in [-0.3, -0.25) is 4.79 Å². The first-order valence-corrected chi connectivity index (χ1v) is 9.57. The number of amides is 1. The van der Waals surface area contributed by atoms with Gasteiger partial charge in [0.25, 0.3) is 5.89 Å². The lowest BCUT2D eigenvalue weighted by Crippen LogP contribution is -2.45. The van der Waals surface area contributed by atoms with Gasteiger partial charge in [-0.1, -0.05) is 16.8 Å². The Morgan fingerprint density at radius 1 is 1.37 bits per heavy atom. The number of hydrogen-bond acceptors (Lipinski definition) is 6. The highest BCUT2D eigenvalue weighted by Crippen LogP contribution is 2.61. The molecule has 1 unspecified atom stereocenters. The average Bonchev–Trinajstić information content (AvgIpc) is 3.23. The first-order chi connectivity index (χ1) is 13.1. The minimum absolute atomic E-state index is 0.0803. The van der Waals surface area contributed by atoms with Gasteiger partial charge in [0.1, 0.15) is 11.8 Å². The number of hydrogen-bond donors (Lipinski definition) is 0. The van der Waals surface area contributed by atoms with Crippen LogP contribution in [0, 0.1) is 12.8 Å². The van der Waals surface area contributed by atoms with Crippen LogP contribution in [0.1, 0.15) is 36.2 Å². The fourth-order valence-corrected chi connectivity index (χ4v) is 4.59. The number of morpholine rings is 1. The molecule has 1 aromatic heterocycles. The molecule has 1 spiro atoms. The standard InChI is InChI=1S/C19H20ClN3O4/c1-11-21-17(27-22-11)15-10-25-7-5-23(15)18(24)14-9-19(14)4-6-26-16-3-2-12(20)8-13(16)19/h2-3,8,14-15H,4-7,9-10H2,1H3/t14-,15?,19-/m0/s1. The number of rotatable bonds is 2. The fraction of sp³-hybridized carbons (Fsp3) is 0.526. The fourth-order valence-electron chi connectivity index (χ4n) is 4.42. The summed E-state index contributed by atoms with van der Waals surface area (Å²) in [6.45, 7) is 3.80. The number of halogens is 1. The molecule has 3 heterocycles. The number of ether oxygens (including phenoxy) is 2. The van der Waals surface area contributed by atoms with Crippen molar-refractivity contribution in [2.45, 2.75) is 31.2 Å². The molecule has 27 heavy (non-hydrogen) atoms. The Balaban J connectivity index is 1.43. The Kier molecular flexibility index (Phi) is 3.91. The van der Waals surface area contributed by atoms with Crippen LogP contribution < -0.4 is 4.74 Å². The molecule has 1 saturated carbocycles. The van der Waals surface area contributed by atoms with E-state index in [1.807, 2.05) is 23.1 Å². The minimum Gasteiger partial charge on any atom is -0.493 e. The van der Waals surface area contributed by atoms with Gasteiger partial charge in [0.15, 0.2) is 5.82 Å². The van der Waals surface area contributed by atoms with Gasteiger partial charge in [-0.05, 0) is 38.0 Å². The second kappa shape index (κ2) is 6.21. The van der Waals surface area contributed by atoms with Crippen LogP contribution in [0.15, 0.2) is 22.7 Å². The number of aryl methyl sites for hydroxylation is 1. The van der Waals surface area contributed by atoms with Crippen LogP contribution in [-0.2, 0) is 14.9 Å². The van der Waals surface area contributed by atoms with E-state index in [1.165, 1.54) is 0 Å². The summed E-state index contributed by atoms with van der Waals surface area (Å²) in [5, 5.41) is 4.53. The zero-order valence-electron chi connectivity index (χ0n) is 15.0. The summed E-state index contributed by atoms with van der Waals surface area (Å²) in [5.74, 6) is 1.87. The number of fused-ring (bicyclic) bond motifs is 2. The van der Waals surface area contributed by atoms with Gasteiger partial charge in [-0.25, -0.2) is 0 Å². The van der Waals surface area contributed by atoms with Gasteiger partial charge in [0.05, 0.1) is 19.8 Å². The van der Waals surface area contributed by atoms with Crippen LogP contribution in [0.2, 0.25) is 5.02 Å². The highest BCUT2D eigenvalue weighted by atomic mass is 35.5. The monoisotopic (exact) mass is 389 g/mol. The van der Waals surface area contributed by atoms with Crippen LogP contribution in [-0.4, -0.2) is 47.3 Å². The van der Waals surface area contributed by atoms with Crippen molar-refractivity contribution in [3.63, 3.8) is 0 Å². The third-order valence-electron chi connectivity index (χ3n) is 5.90. The number of carbonyl (C=O) groups excluding carboxylic acids is 1. The average molecular weight is 390 g/mol. The minimum atomic E-state index is -0.330. The lowest BCUT2D eigenvalue weighted by Gasteiger charge is -2.35. The molecular formula is C19H20ClN3O4. The summed E-state index contributed by atoms with van der Waals surface area (Å²) in [7, 11) is 0. The Labute approximate surface area is 161 Å². The van der Waals surface area contributed by atoms with E-state index in [0.717, 1.165) is 24.2 Å². The largest absolute Gasteiger partial charge is 0.493 e. The van der Waals surface area contributed by atoms with E-state index in [2.05, 4.69) is 10.1 Å². The van der Waals surface area contributed by atoms with E-state index in [4.69, 9.17) is 25.6 Å². The topological polar surface area (TPSA) is 77.7 Å². The molecule has 0 radical (unpaired) electrons. The molecule has 3 aliphatic rings. The molecular weight excluding hydrogens is 370 g/mol. The third-order valence-corrected chi connectivity index (χ3v) is 6.13. The van der Waals surface area contributed by atoms with Gasteiger partial charge in [-0.15, -0.1) is 0 Å². The molecule has 1 amide bonds. The normalized spacial score (nSPS) is 29.3. The van der Waals surface area contributed by atoms with Crippen molar-refractivity contribution in [3.05, 3.63) is 40.5 Å². The molecule has 0 N–H and O–H groups in total. The molecule has 1 aromatic carbocycles. The van der Waals surface area contributed by atoms with Crippen LogP contribution in [0.4, 0.5) is 0 Å². The molecule has 3 atom stereocenters. The van der Waals surface area contributed by atoms with Gasteiger partial charge < -0.3 is 18.9 Å². The summed E-state index contributed by atoms with van der Waals surface area (Å²) in [5.41, 5.74) is 0.876. The van der Waals surface area contributed by atoms with Crippen LogP contribution in [0.5, 0.6) is 5.75 Å². The summed E-state index contributed by atoms with van der Waals surface area (Å²) in [6.07, 6.45) is 1.64. The number of carbonyl (C=O) groups is 1. The van der Waals surface area contributed by atoms with Crippen molar-refractivity contribution >= 4 is 17.5 Å². The molecule has 7 nitrogen and oxygen atoms in total. The van der Waals surface area contributed by atoms with E-state index < -0.39 is 0 Å². The molecule has 2 aromatic rings. The van der Waals surface area contributed by atoms with E-state index in [9.17, 15) is 4.79 Å². The quantitative estimate of drug-likeness (QED) is 0.785. The van der Waals surface area contributed by atoms with Crippen LogP contribution >= 0.6 is 11.6 Å². The molecule has 142 valence electrons. The maximum Gasteiger partial charge on any atom is 0.251 e. The molecule has 0 bridgehead atoms. The lowest BCUT2D eigenvalue weighted by atomic mass is 9.87. The molecule has 2 fully saturated rings. The van der Waals surface area contributed by atoms with Gasteiger partial charge in [0, 0.05) is 28.5 Å². The highest BCUT2D eigenvalue weighted by molar-refractivity contribution is 6.30. The number of nitrogens with zero attached hydrogens (tertiary/aromatic N) is 3. The van der Waals surface area contributed by atoms with E-state index in [1.54, 1.807) is 6.92 Å². The molecule has 8 heteroatoms. The second-order valence-corrected chi connectivity index (χ2v) is 7.89. The van der Waals surface area contributed by atoms with Crippen molar-refractivity contribution in [1.82, 2.24) is 15.0 Å². The molecule has 1 aliphatic carbocycles. The van der Waals surface area contributed by atoms with Crippen molar-refractivity contribution in [1.29, 1.82) is 0 Å². The Morgan fingerprint density at radius 3 is 3.07 bits per heavy atom. The van der Waals surface area contributed by atoms with E-state index >= 15 is 0 Å². The maximum absolute atomic E-state index is 13.4. The van der Waals surface area contributed by atoms with Crippen LogP contribution in [0.25, 0.3) is 0 Å². The number of aromatic nitrogens is 2. The Hall–Kier alpha value is -2.12. The van der Waals surface area contributed by atoms with Crippen molar-refractivity contribution in [2.75, 3.05) is 26.4 Å². The van der Waals surface area contributed by atoms with Gasteiger partial charge in [0.2, 0.25) is 5.91 Å². The first kappa shape index (κ1) is 17.0. The van der Waals surface area contributed by atoms with Crippen molar-refractivity contribution in [2.24, 2.45) is 5.92 Å². The second-order valence-electron chi connectivity index (χ2n) is 7.45. The maximum atomic E-state index is 13.4. The lowest BCUT2D eigenvalue weighted by molar-refractivity contribution is -0.143. The molecule has 2 aliphatic heterocycles. The van der Waals surface area contributed by atoms with Crippen molar-refractivity contribution in [3.8, 4) is 5.75 Å². The van der Waals surface area contributed by atoms with E-state index in [0.29, 0.717) is 43.1 Å². The SMILES string of the molecule is Cc1noc(C2COCCN2C(=O)[C@@H]2C[C@]23CCOc2ccc(Cl)cc23)n1. The van der Waals surface area contributed by atoms with Gasteiger partial charge in [-0.2, -0.15) is 4.98 Å². The highest BCUT2D eigenvalue weighted by Gasteiger charge is 2.62. The number of benzene rings is 1. The van der Waals surface area contributed by atoms with Crippen molar-refractivity contribution < 1.29 is 18.8 Å². The summed E-state index contributed by atoms with van der Waals surface area (Å²) in [4.78, 5) is 19.6. The zero-order chi connectivity index (χ0) is 18.6. The third kappa shape index (κ3) is 2.72. The Bertz CT molecular complexity index is 901. The van der Waals surface area contributed by atoms with E-state index in [-0.39, 0.29) is 23.3 Å². The molecule has 5 rings (SSSR count). The predicted molar refractivity (Wildman–Crippen MR) is 95.7 cm³/mol. The summed E-state index contributed by atoms with van der Waals surface area (Å²) in [6, 6.07) is 5.34. The Morgan fingerprint density at radius 2 is 2.26 bits per heavy atom. The first-order valence-electron chi connectivity index (χ1n) is 9.20. The zero-order valence-corrected chi connectivity index (χ0v) is 15.7. The summed E-state index contributed by atoms with van der Waals surface area (Å²) < 4.78 is 16.7.